The number of hydrogen-bond donors (Lipinski definition) is 1. The Morgan fingerprint density at radius 3 is 2.29 bits per heavy atom. The van der Waals surface area contributed by atoms with E-state index >= 15 is 0 Å². The number of hydrogen-bond acceptors (Lipinski definition) is 1. The number of piperidine rings is 1. The van der Waals surface area contributed by atoms with E-state index in [0.717, 1.165) is 23.8 Å². The van der Waals surface area contributed by atoms with Gasteiger partial charge in [-0.2, -0.15) is 0 Å². The second kappa shape index (κ2) is 3.84. The highest BCUT2D eigenvalue weighted by molar-refractivity contribution is 4.93. The van der Waals surface area contributed by atoms with Gasteiger partial charge in [-0.15, -0.1) is 0 Å². The summed E-state index contributed by atoms with van der Waals surface area (Å²) < 4.78 is 0. The molecule has 2 saturated carbocycles. The predicted molar refractivity (Wildman–Crippen MR) is 59.2 cm³/mol. The Morgan fingerprint density at radius 1 is 0.714 bits per heavy atom. The molecule has 4 atom stereocenters. The van der Waals surface area contributed by atoms with Crippen molar-refractivity contribution in [3.63, 3.8) is 0 Å². The standard InChI is InChI=1S/C13H23N/c1-2-5-11-9-13-12(6-3-7-14-13)8-10(11)4-1/h10-14H,1-9H2. The van der Waals surface area contributed by atoms with E-state index in [4.69, 9.17) is 0 Å². The zero-order chi connectivity index (χ0) is 9.38. The van der Waals surface area contributed by atoms with Crippen molar-refractivity contribution < 1.29 is 0 Å². The Labute approximate surface area is 87.7 Å². The molecule has 3 rings (SSSR count). The molecule has 2 aliphatic carbocycles. The van der Waals surface area contributed by atoms with E-state index in [-0.39, 0.29) is 0 Å². The van der Waals surface area contributed by atoms with E-state index in [1.807, 2.05) is 0 Å². The summed E-state index contributed by atoms with van der Waals surface area (Å²) in [5, 5.41) is 3.75. The van der Waals surface area contributed by atoms with Crippen LogP contribution in [0.25, 0.3) is 0 Å². The van der Waals surface area contributed by atoms with Crippen LogP contribution in [0.2, 0.25) is 0 Å². The summed E-state index contributed by atoms with van der Waals surface area (Å²) in [6.45, 7) is 1.29. The predicted octanol–water partition coefficient (Wildman–Crippen LogP) is 2.95. The van der Waals surface area contributed by atoms with Crippen LogP contribution in [0, 0.1) is 17.8 Å². The molecule has 0 bridgehead atoms. The largest absolute Gasteiger partial charge is 0.314 e. The minimum Gasteiger partial charge on any atom is -0.314 e. The molecule has 1 saturated heterocycles. The first-order chi connectivity index (χ1) is 6.93. The van der Waals surface area contributed by atoms with Gasteiger partial charge < -0.3 is 5.32 Å². The van der Waals surface area contributed by atoms with Crippen LogP contribution in [-0.2, 0) is 0 Å². The third-order valence-corrected chi connectivity index (χ3v) is 4.96. The van der Waals surface area contributed by atoms with Gasteiger partial charge in [-0.25, -0.2) is 0 Å². The van der Waals surface area contributed by atoms with Gasteiger partial charge in [0.1, 0.15) is 0 Å². The molecule has 3 fully saturated rings. The zero-order valence-electron chi connectivity index (χ0n) is 9.17. The highest BCUT2D eigenvalue weighted by Crippen LogP contribution is 2.44. The fourth-order valence-corrected chi connectivity index (χ4v) is 4.20. The fraction of sp³-hybridized carbons (Fsp3) is 1.00. The van der Waals surface area contributed by atoms with Crippen LogP contribution >= 0.6 is 0 Å². The van der Waals surface area contributed by atoms with Gasteiger partial charge in [0.15, 0.2) is 0 Å². The lowest BCUT2D eigenvalue weighted by Gasteiger charge is -2.46. The minimum absolute atomic E-state index is 0.906. The molecule has 14 heavy (non-hydrogen) atoms. The molecule has 0 aromatic rings. The summed E-state index contributed by atoms with van der Waals surface area (Å²) >= 11 is 0. The smallest absolute Gasteiger partial charge is 0.00981 e. The molecular formula is C13H23N. The summed E-state index contributed by atoms with van der Waals surface area (Å²) in [5.74, 6) is 3.25. The summed E-state index contributed by atoms with van der Waals surface area (Å²) in [7, 11) is 0. The average molecular weight is 193 g/mol. The van der Waals surface area contributed by atoms with Crippen molar-refractivity contribution in [3.05, 3.63) is 0 Å². The molecule has 4 unspecified atom stereocenters. The van der Waals surface area contributed by atoms with Crippen molar-refractivity contribution in [2.45, 2.75) is 57.4 Å². The Balaban J connectivity index is 1.68. The third kappa shape index (κ3) is 1.60. The van der Waals surface area contributed by atoms with Crippen LogP contribution in [0.15, 0.2) is 0 Å². The lowest BCUT2D eigenvalue weighted by molar-refractivity contribution is 0.0780. The molecule has 0 spiro atoms. The van der Waals surface area contributed by atoms with Gasteiger partial charge in [0.05, 0.1) is 0 Å². The fourth-order valence-electron chi connectivity index (χ4n) is 4.20. The van der Waals surface area contributed by atoms with Gasteiger partial charge in [-0.05, 0) is 50.0 Å². The molecule has 80 valence electrons. The molecule has 0 amide bonds. The number of fused-ring (bicyclic) bond motifs is 2. The first kappa shape index (κ1) is 9.21. The van der Waals surface area contributed by atoms with Crippen molar-refractivity contribution in [2.75, 3.05) is 6.54 Å². The molecule has 1 aliphatic heterocycles. The zero-order valence-corrected chi connectivity index (χ0v) is 9.17. The van der Waals surface area contributed by atoms with E-state index in [0.29, 0.717) is 0 Å². The first-order valence-corrected chi connectivity index (χ1v) is 6.67. The lowest BCUT2D eigenvalue weighted by atomic mass is 9.64. The van der Waals surface area contributed by atoms with E-state index in [1.165, 1.54) is 45.1 Å². The second-order valence-corrected chi connectivity index (χ2v) is 5.74. The number of rotatable bonds is 0. The first-order valence-electron chi connectivity index (χ1n) is 6.67. The van der Waals surface area contributed by atoms with Gasteiger partial charge >= 0.3 is 0 Å². The summed E-state index contributed by atoms with van der Waals surface area (Å²) in [5.41, 5.74) is 0. The van der Waals surface area contributed by atoms with Crippen LogP contribution in [0.3, 0.4) is 0 Å². The summed E-state index contributed by atoms with van der Waals surface area (Å²) in [6, 6.07) is 0.906. The SMILES string of the molecule is C1CCC2CC3NCCCC3CC2C1. The Morgan fingerprint density at radius 2 is 1.43 bits per heavy atom. The van der Waals surface area contributed by atoms with Crippen LogP contribution in [0.4, 0.5) is 0 Å². The molecule has 0 radical (unpaired) electrons. The molecule has 1 nitrogen and oxygen atoms in total. The van der Waals surface area contributed by atoms with Gasteiger partial charge in [-0.1, -0.05) is 25.7 Å². The topological polar surface area (TPSA) is 12.0 Å². The average Bonchev–Trinajstić information content (AvgIpc) is 2.26. The normalized spacial score (nSPS) is 48.0. The van der Waals surface area contributed by atoms with Crippen LogP contribution in [-0.4, -0.2) is 12.6 Å². The molecule has 3 aliphatic rings. The maximum atomic E-state index is 3.75. The minimum atomic E-state index is 0.906. The van der Waals surface area contributed by atoms with Crippen molar-refractivity contribution in [3.8, 4) is 0 Å². The van der Waals surface area contributed by atoms with Crippen LogP contribution < -0.4 is 5.32 Å². The quantitative estimate of drug-likeness (QED) is 0.623. The van der Waals surface area contributed by atoms with E-state index in [9.17, 15) is 0 Å². The lowest BCUT2D eigenvalue weighted by Crippen LogP contribution is -2.48. The van der Waals surface area contributed by atoms with E-state index in [1.54, 1.807) is 12.8 Å². The molecular weight excluding hydrogens is 170 g/mol. The van der Waals surface area contributed by atoms with Gasteiger partial charge in [0.25, 0.3) is 0 Å². The molecule has 0 aromatic heterocycles. The maximum absolute atomic E-state index is 3.75. The van der Waals surface area contributed by atoms with Gasteiger partial charge in [0.2, 0.25) is 0 Å². The van der Waals surface area contributed by atoms with E-state index < -0.39 is 0 Å². The molecule has 1 heteroatoms. The van der Waals surface area contributed by atoms with Crippen LogP contribution in [0.5, 0.6) is 0 Å². The Bertz CT molecular complexity index is 159. The molecule has 1 N–H and O–H groups in total. The van der Waals surface area contributed by atoms with Crippen molar-refractivity contribution in [1.29, 1.82) is 0 Å². The van der Waals surface area contributed by atoms with Crippen molar-refractivity contribution in [1.82, 2.24) is 5.32 Å². The highest BCUT2D eigenvalue weighted by atomic mass is 14.9. The monoisotopic (exact) mass is 193 g/mol. The van der Waals surface area contributed by atoms with E-state index in [2.05, 4.69) is 5.32 Å². The Kier molecular flexibility index (Phi) is 2.53. The summed E-state index contributed by atoms with van der Waals surface area (Å²) in [4.78, 5) is 0. The van der Waals surface area contributed by atoms with Gasteiger partial charge in [0, 0.05) is 6.04 Å². The van der Waals surface area contributed by atoms with Gasteiger partial charge in [-0.3, -0.25) is 0 Å². The van der Waals surface area contributed by atoms with Crippen molar-refractivity contribution >= 4 is 0 Å². The molecule has 0 aromatic carbocycles. The maximum Gasteiger partial charge on any atom is 0.00981 e. The summed E-state index contributed by atoms with van der Waals surface area (Å²) in [6.07, 6.45) is 12.1. The second-order valence-electron chi connectivity index (χ2n) is 5.74. The number of nitrogens with one attached hydrogen (secondary N) is 1. The molecule has 1 heterocycles. The third-order valence-electron chi connectivity index (χ3n) is 4.96. The van der Waals surface area contributed by atoms with Crippen molar-refractivity contribution in [2.24, 2.45) is 17.8 Å². The Hall–Kier alpha value is -0.0400. The highest BCUT2D eigenvalue weighted by Gasteiger charge is 2.38. The van der Waals surface area contributed by atoms with Crippen LogP contribution in [0.1, 0.15) is 51.4 Å².